The molecule has 0 aliphatic carbocycles. The van der Waals surface area contributed by atoms with Crippen molar-refractivity contribution in [3.63, 3.8) is 0 Å². The van der Waals surface area contributed by atoms with E-state index in [9.17, 15) is 9.59 Å². The number of hydrogen-bond acceptors (Lipinski definition) is 3. The number of ether oxygens (including phenoxy) is 1. The molecule has 2 rings (SSSR count). The van der Waals surface area contributed by atoms with Crippen LogP contribution in [-0.2, 0) is 23.1 Å². The summed E-state index contributed by atoms with van der Waals surface area (Å²) in [5.74, 6) is -0.208. The number of methoxy groups -OCH3 is 1. The average molecular weight is 386 g/mol. The third-order valence-corrected chi connectivity index (χ3v) is 4.89. The molecule has 0 aliphatic rings. The third kappa shape index (κ3) is 5.45. The summed E-state index contributed by atoms with van der Waals surface area (Å²) in [6.45, 7) is 7.22. The quantitative estimate of drug-likeness (QED) is 0.667. The van der Waals surface area contributed by atoms with Gasteiger partial charge in [0.2, 0.25) is 5.91 Å². The van der Waals surface area contributed by atoms with Gasteiger partial charge in [-0.15, -0.1) is 0 Å². The molecule has 0 saturated carbocycles. The molecule has 1 aromatic carbocycles. The molecule has 28 heavy (non-hydrogen) atoms. The van der Waals surface area contributed by atoms with Crippen LogP contribution in [0.4, 0.5) is 0 Å². The number of amides is 2. The fourth-order valence-electron chi connectivity index (χ4n) is 3.05. The largest absolute Gasteiger partial charge is 0.383 e. The van der Waals surface area contributed by atoms with Gasteiger partial charge in [0.05, 0.1) is 13.2 Å². The monoisotopic (exact) mass is 385 g/mol. The number of carbonyl (C=O) groups is 2. The first-order chi connectivity index (χ1) is 13.3. The zero-order valence-electron chi connectivity index (χ0n) is 17.5. The van der Waals surface area contributed by atoms with E-state index in [2.05, 4.69) is 0 Å². The molecule has 1 aromatic heterocycles. The van der Waals surface area contributed by atoms with E-state index >= 15 is 0 Å². The molecule has 0 aliphatic heterocycles. The first-order valence-electron chi connectivity index (χ1n) is 9.58. The maximum atomic E-state index is 13.1. The van der Waals surface area contributed by atoms with Crippen LogP contribution in [-0.4, -0.2) is 59.0 Å². The summed E-state index contributed by atoms with van der Waals surface area (Å²) in [4.78, 5) is 29.5. The predicted octanol–water partition coefficient (Wildman–Crippen LogP) is 2.86. The number of hydrogen-bond donors (Lipinski definition) is 0. The lowest BCUT2D eigenvalue weighted by atomic mass is 10.1. The lowest BCUT2D eigenvalue weighted by Crippen LogP contribution is -2.46. The Morgan fingerprint density at radius 2 is 1.86 bits per heavy atom. The first kappa shape index (κ1) is 21.7. The van der Waals surface area contributed by atoms with Gasteiger partial charge in [0.1, 0.15) is 6.54 Å². The molecule has 2 amide bonds. The lowest BCUT2D eigenvalue weighted by Gasteiger charge is -2.30. The molecule has 0 unspecified atom stereocenters. The van der Waals surface area contributed by atoms with Crippen molar-refractivity contribution in [1.29, 1.82) is 0 Å². The highest BCUT2D eigenvalue weighted by atomic mass is 16.5. The molecule has 2 aromatic rings. The highest BCUT2D eigenvalue weighted by Crippen LogP contribution is 2.14. The molecule has 1 heterocycles. The average Bonchev–Trinajstić information content (AvgIpc) is 3.07. The Hall–Kier alpha value is -2.60. The van der Waals surface area contributed by atoms with Crippen molar-refractivity contribution >= 4 is 11.8 Å². The fourth-order valence-corrected chi connectivity index (χ4v) is 3.05. The highest BCUT2D eigenvalue weighted by molar-refractivity contribution is 5.97. The molecule has 0 radical (unpaired) electrons. The second-order valence-electron chi connectivity index (χ2n) is 7.26. The predicted molar refractivity (Wildman–Crippen MR) is 110 cm³/mol. The van der Waals surface area contributed by atoms with Crippen LogP contribution in [0.5, 0.6) is 0 Å². The van der Waals surface area contributed by atoms with Crippen LogP contribution in [0.1, 0.15) is 35.5 Å². The van der Waals surface area contributed by atoms with Gasteiger partial charge in [-0.05, 0) is 44.5 Å². The maximum absolute atomic E-state index is 13.1. The first-order valence-corrected chi connectivity index (χ1v) is 9.58. The highest BCUT2D eigenvalue weighted by Gasteiger charge is 2.25. The lowest BCUT2D eigenvalue weighted by molar-refractivity contribution is -0.133. The second kappa shape index (κ2) is 10.1. The van der Waals surface area contributed by atoms with E-state index in [1.807, 2.05) is 75.0 Å². The van der Waals surface area contributed by atoms with Crippen molar-refractivity contribution in [2.45, 2.75) is 33.4 Å². The van der Waals surface area contributed by atoms with Crippen LogP contribution >= 0.6 is 0 Å². The summed E-state index contributed by atoms with van der Waals surface area (Å²) in [7, 11) is 3.57. The standard InChI is InChI=1S/C22H31N3O3/c1-17(2)25(22(27)20-11-7-6-9-18(20)3)16-21(26)24(13-14-28-5)15-19-10-8-12-23(19)4/h6-12,17H,13-16H2,1-5H3. The van der Waals surface area contributed by atoms with Crippen LogP contribution in [0.15, 0.2) is 42.6 Å². The molecule has 0 N–H and O–H groups in total. The van der Waals surface area contributed by atoms with E-state index in [1.54, 1.807) is 16.9 Å². The summed E-state index contributed by atoms with van der Waals surface area (Å²) in [6, 6.07) is 11.3. The summed E-state index contributed by atoms with van der Waals surface area (Å²) in [5.41, 5.74) is 2.58. The molecular formula is C22H31N3O3. The van der Waals surface area contributed by atoms with Gasteiger partial charge in [0.25, 0.3) is 5.91 Å². The number of carbonyl (C=O) groups excluding carboxylic acids is 2. The van der Waals surface area contributed by atoms with Gasteiger partial charge in [0, 0.05) is 44.2 Å². The van der Waals surface area contributed by atoms with E-state index in [0.29, 0.717) is 25.3 Å². The second-order valence-corrected chi connectivity index (χ2v) is 7.26. The number of benzene rings is 1. The van der Waals surface area contributed by atoms with Gasteiger partial charge in [-0.3, -0.25) is 9.59 Å². The smallest absolute Gasteiger partial charge is 0.254 e. The summed E-state index contributed by atoms with van der Waals surface area (Å²) >= 11 is 0. The number of nitrogens with zero attached hydrogens (tertiary/aromatic N) is 3. The molecule has 0 atom stereocenters. The van der Waals surface area contributed by atoms with Crippen molar-refractivity contribution in [2.75, 3.05) is 26.8 Å². The molecular weight excluding hydrogens is 354 g/mol. The molecule has 152 valence electrons. The van der Waals surface area contributed by atoms with E-state index in [0.717, 1.165) is 11.3 Å². The van der Waals surface area contributed by atoms with Crippen molar-refractivity contribution in [1.82, 2.24) is 14.4 Å². The van der Waals surface area contributed by atoms with E-state index < -0.39 is 0 Å². The van der Waals surface area contributed by atoms with Gasteiger partial charge >= 0.3 is 0 Å². The summed E-state index contributed by atoms with van der Waals surface area (Å²) in [6.07, 6.45) is 1.95. The molecule has 0 spiro atoms. The molecule has 0 saturated heterocycles. The van der Waals surface area contributed by atoms with Crippen molar-refractivity contribution < 1.29 is 14.3 Å². The van der Waals surface area contributed by atoms with Crippen LogP contribution in [0, 0.1) is 6.92 Å². The van der Waals surface area contributed by atoms with Crippen molar-refractivity contribution in [3.8, 4) is 0 Å². The van der Waals surface area contributed by atoms with E-state index in [-0.39, 0.29) is 24.4 Å². The van der Waals surface area contributed by atoms with E-state index in [4.69, 9.17) is 4.74 Å². The Labute approximate surface area is 167 Å². The molecule has 6 nitrogen and oxygen atoms in total. The fraction of sp³-hybridized carbons (Fsp3) is 0.455. The number of aryl methyl sites for hydroxylation is 2. The third-order valence-electron chi connectivity index (χ3n) is 4.89. The van der Waals surface area contributed by atoms with Crippen molar-refractivity contribution in [2.24, 2.45) is 7.05 Å². The Bertz CT molecular complexity index is 798. The minimum absolute atomic E-state index is 0.0406. The van der Waals surface area contributed by atoms with E-state index in [1.165, 1.54) is 0 Å². The van der Waals surface area contributed by atoms with Crippen molar-refractivity contribution in [3.05, 3.63) is 59.4 Å². The van der Waals surface area contributed by atoms with Gasteiger partial charge in [-0.1, -0.05) is 18.2 Å². The topological polar surface area (TPSA) is 54.8 Å². The Balaban J connectivity index is 2.18. The van der Waals surface area contributed by atoms with Crippen LogP contribution < -0.4 is 0 Å². The van der Waals surface area contributed by atoms with Crippen LogP contribution in [0.3, 0.4) is 0 Å². The normalized spacial score (nSPS) is 10.9. The zero-order valence-corrected chi connectivity index (χ0v) is 17.5. The minimum atomic E-state index is -0.119. The SMILES string of the molecule is COCCN(Cc1cccn1C)C(=O)CN(C(=O)c1ccccc1C)C(C)C. The van der Waals surface area contributed by atoms with Crippen LogP contribution in [0.2, 0.25) is 0 Å². The maximum Gasteiger partial charge on any atom is 0.254 e. The molecule has 0 bridgehead atoms. The zero-order chi connectivity index (χ0) is 20.7. The number of aromatic nitrogens is 1. The number of rotatable bonds is 9. The summed E-state index contributed by atoms with van der Waals surface area (Å²) in [5, 5.41) is 0. The minimum Gasteiger partial charge on any atom is -0.383 e. The Morgan fingerprint density at radius 3 is 2.43 bits per heavy atom. The molecule has 0 fully saturated rings. The van der Waals surface area contributed by atoms with Gasteiger partial charge < -0.3 is 19.1 Å². The van der Waals surface area contributed by atoms with Gasteiger partial charge in [-0.2, -0.15) is 0 Å². The van der Waals surface area contributed by atoms with Gasteiger partial charge in [0.15, 0.2) is 0 Å². The van der Waals surface area contributed by atoms with Crippen LogP contribution in [0.25, 0.3) is 0 Å². The van der Waals surface area contributed by atoms with Gasteiger partial charge in [-0.25, -0.2) is 0 Å². The summed E-state index contributed by atoms with van der Waals surface area (Å²) < 4.78 is 7.17. The Morgan fingerprint density at radius 1 is 1.14 bits per heavy atom. The molecule has 6 heteroatoms. The Kier molecular flexibility index (Phi) is 7.81.